The van der Waals surface area contributed by atoms with Crippen LogP contribution in [0.25, 0.3) is 16.7 Å². The van der Waals surface area contributed by atoms with Crippen LogP contribution in [-0.4, -0.2) is 32.1 Å². The molecule has 0 saturated carbocycles. The number of benzene rings is 3. The Labute approximate surface area is 208 Å². The fourth-order valence-electron chi connectivity index (χ4n) is 3.16. The van der Waals surface area contributed by atoms with Crippen LogP contribution in [-0.2, 0) is 0 Å². The molecule has 0 spiro atoms. The van der Waals surface area contributed by atoms with Gasteiger partial charge in [-0.3, -0.25) is 10.1 Å². The number of anilines is 1. The lowest BCUT2D eigenvalue weighted by Crippen LogP contribution is -2.34. The highest BCUT2D eigenvalue weighted by Crippen LogP contribution is 2.27. The molecule has 0 aliphatic rings. The largest absolute Gasteiger partial charge is 0.491 e. The maximum absolute atomic E-state index is 12.6. The van der Waals surface area contributed by atoms with Gasteiger partial charge < -0.3 is 10.1 Å². The highest BCUT2D eigenvalue weighted by Gasteiger charge is 2.13. The number of nitrogens with one attached hydrogen (secondary N) is 2. The van der Waals surface area contributed by atoms with Crippen molar-refractivity contribution in [3.05, 3.63) is 76.8 Å². The first kappa shape index (κ1) is 23.7. The minimum Gasteiger partial charge on any atom is -0.491 e. The zero-order valence-electron chi connectivity index (χ0n) is 19.0. The lowest BCUT2D eigenvalue weighted by Gasteiger charge is -2.13. The van der Waals surface area contributed by atoms with Crippen molar-refractivity contribution in [2.75, 3.05) is 5.32 Å². The molecule has 3 aromatic carbocycles. The molecule has 0 aliphatic carbocycles. The normalized spacial score (nSPS) is 11.8. The lowest BCUT2D eigenvalue weighted by atomic mass is 10.2. The molecule has 0 unspecified atom stereocenters. The number of rotatable bonds is 6. The molecule has 4 rings (SSSR count). The van der Waals surface area contributed by atoms with Crippen molar-refractivity contribution in [1.82, 2.24) is 20.3 Å². The van der Waals surface area contributed by atoms with Crippen molar-refractivity contribution in [1.29, 1.82) is 0 Å². The molecule has 0 bridgehead atoms. The molecule has 0 radical (unpaired) electrons. The number of carbonyl (C=O) groups is 1. The number of fused-ring (bicyclic) bond motifs is 1. The number of aryl methyl sites for hydroxylation is 1. The molecule has 4 aromatic rings. The summed E-state index contributed by atoms with van der Waals surface area (Å²) in [7, 11) is 0. The Morgan fingerprint density at radius 3 is 2.38 bits per heavy atom. The van der Waals surface area contributed by atoms with Gasteiger partial charge in [0.15, 0.2) is 5.11 Å². The first-order valence-electron chi connectivity index (χ1n) is 10.8. The predicted molar refractivity (Wildman–Crippen MR) is 139 cm³/mol. The summed E-state index contributed by atoms with van der Waals surface area (Å²) in [4.78, 5) is 14.1. The highest BCUT2D eigenvalue weighted by atomic mass is 35.5. The Morgan fingerprint density at radius 1 is 1.09 bits per heavy atom. The Balaban J connectivity index is 1.44. The van der Waals surface area contributed by atoms with E-state index in [-0.39, 0.29) is 17.1 Å². The molecule has 1 amide bonds. The summed E-state index contributed by atoms with van der Waals surface area (Å²) >= 11 is 11.7. The van der Waals surface area contributed by atoms with E-state index >= 15 is 0 Å². The van der Waals surface area contributed by atoms with E-state index in [1.165, 1.54) is 0 Å². The molecule has 2 N–H and O–H groups in total. The van der Waals surface area contributed by atoms with Crippen molar-refractivity contribution in [3.8, 4) is 11.4 Å². The second kappa shape index (κ2) is 10.2. The quantitative estimate of drug-likeness (QED) is 0.336. The molecule has 0 saturated heterocycles. The molecule has 7 nitrogen and oxygen atoms in total. The number of halogens is 1. The molecular formula is C25H24ClN5O2S. The standard InChI is InChI=1S/C25H24ClN5O2S/c1-4-16(3)33-19-11-7-17(8-12-19)24(32)28-25(34)27-21-14-23-22(13-20(21)26)29-31(30-23)18-9-5-15(2)6-10-18/h5-14,16H,4H2,1-3H3,(H2,27,28,32,34)/t16-/m1/s1. The van der Waals surface area contributed by atoms with E-state index in [0.29, 0.717) is 33.1 Å². The average molecular weight is 494 g/mol. The summed E-state index contributed by atoms with van der Waals surface area (Å²) in [5.41, 5.74) is 4.26. The molecule has 0 fully saturated rings. The minimum atomic E-state index is -0.338. The SMILES string of the molecule is CC[C@@H](C)Oc1ccc(C(=O)NC(=S)Nc2cc3nn(-c4ccc(C)cc4)nc3cc2Cl)cc1. The third-order valence-electron chi connectivity index (χ3n) is 5.24. The van der Waals surface area contributed by atoms with E-state index in [0.717, 1.165) is 17.7 Å². The monoisotopic (exact) mass is 493 g/mol. The molecule has 174 valence electrons. The average Bonchev–Trinajstić information content (AvgIpc) is 3.22. The molecule has 9 heteroatoms. The highest BCUT2D eigenvalue weighted by molar-refractivity contribution is 7.80. The van der Waals surface area contributed by atoms with Crippen LogP contribution in [0.15, 0.2) is 60.7 Å². The first-order valence-corrected chi connectivity index (χ1v) is 11.6. The van der Waals surface area contributed by atoms with Gasteiger partial charge in [-0.25, -0.2) is 0 Å². The van der Waals surface area contributed by atoms with Crippen LogP contribution in [0.4, 0.5) is 5.69 Å². The van der Waals surface area contributed by atoms with Crippen molar-refractivity contribution >= 4 is 51.6 Å². The van der Waals surface area contributed by atoms with Crippen molar-refractivity contribution in [2.24, 2.45) is 0 Å². The molecule has 0 aliphatic heterocycles. The number of amides is 1. The number of thiocarbonyl (C=S) groups is 1. The van der Waals surface area contributed by atoms with E-state index in [4.69, 9.17) is 28.6 Å². The van der Waals surface area contributed by atoms with E-state index in [2.05, 4.69) is 27.8 Å². The van der Waals surface area contributed by atoms with Gasteiger partial charge >= 0.3 is 0 Å². The summed E-state index contributed by atoms with van der Waals surface area (Å²) in [5, 5.41) is 15.2. The second-order valence-corrected chi connectivity index (χ2v) is 8.73. The molecular weight excluding hydrogens is 470 g/mol. The second-order valence-electron chi connectivity index (χ2n) is 7.92. The Bertz CT molecular complexity index is 1340. The van der Waals surface area contributed by atoms with Crippen LogP contribution < -0.4 is 15.4 Å². The number of aromatic nitrogens is 3. The van der Waals surface area contributed by atoms with Gasteiger partial charge in [-0.1, -0.05) is 36.2 Å². The van der Waals surface area contributed by atoms with Crippen molar-refractivity contribution in [2.45, 2.75) is 33.3 Å². The molecule has 1 aromatic heterocycles. The van der Waals surface area contributed by atoms with Gasteiger partial charge in [0.1, 0.15) is 16.8 Å². The summed E-state index contributed by atoms with van der Waals surface area (Å²) in [6, 6.07) is 18.3. The van der Waals surface area contributed by atoms with Gasteiger partial charge in [-0.15, -0.1) is 10.2 Å². The fraction of sp³-hybridized carbons (Fsp3) is 0.200. The van der Waals surface area contributed by atoms with E-state index in [1.807, 2.05) is 38.1 Å². The van der Waals surface area contributed by atoms with Crippen LogP contribution in [0.5, 0.6) is 5.75 Å². The zero-order valence-corrected chi connectivity index (χ0v) is 20.6. The zero-order chi connectivity index (χ0) is 24.2. The van der Waals surface area contributed by atoms with Gasteiger partial charge in [0.05, 0.1) is 22.5 Å². The van der Waals surface area contributed by atoms with E-state index < -0.39 is 0 Å². The van der Waals surface area contributed by atoms with Gasteiger partial charge in [-0.05, 0) is 81.0 Å². The third kappa shape index (κ3) is 5.52. The van der Waals surface area contributed by atoms with Crippen molar-refractivity contribution < 1.29 is 9.53 Å². The van der Waals surface area contributed by atoms with Gasteiger partial charge in [0, 0.05) is 5.56 Å². The summed E-state index contributed by atoms with van der Waals surface area (Å²) < 4.78 is 5.74. The summed E-state index contributed by atoms with van der Waals surface area (Å²) in [5.74, 6) is 0.375. The molecule has 34 heavy (non-hydrogen) atoms. The van der Waals surface area contributed by atoms with Gasteiger partial charge in [0.2, 0.25) is 0 Å². The number of hydrogen-bond acceptors (Lipinski definition) is 5. The van der Waals surface area contributed by atoms with Gasteiger partial charge in [0.25, 0.3) is 5.91 Å². The number of hydrogen-bond donors (Lipinski definition) is 2. The number of carbonyl (C=O) groups excluding carboxylic acids is 1. The smallest absolute Gasteiger partial charge is 0.257 e. The fourth-order valence-corrected chi connectivity index (χ4v) is 3.56. The first-order chi connectivity index (χ1) is 16.3. The van der Waals surface area contributed by atoms with Crippen LogP contribution >= 0.6 is 23.8 Å². The summed E-state index contributed by atoms with van der Waals surface area (Å²) in [6.07, 6.45) is 1.01. The van der Waals surface area contributed by atoms with Crippen LogP contribution in [0.1, 0.15) is 36.2 Å². The molecule has 1 atom stereocenters. The Hall–Kier alpha value is -3.49. The minimum absolute atomic E-state index is 0.108. The Morgan fingerprint density at radius 2 is 1.74 bits per heavy atom. The number of ether oxygens (including phenoxy) is 1. The maximum atomic E-state index is 12.6. The van der Waals surface area contributed by atoms with E-state index in [9.17, 15) is 4.79 Å². The maximum Gasteiger partial charge on any atom is 0.257 e. The van der Waals surface area contributed by atoms with Crippen LogP contribution in [0, 0.1) is 6.92 Å². The van der Waals surface area contributed by atoms with Gasteiger partial charge in [-0.2, -0.15) is 4.80 Å². The Kier molecular flexibility index (Phi) is 7.09. The number of nitrogens with zero attached hydrogens (tertiary/aromatic N) is 3. The van der Waals surface area contributed by atoms with Crippen LogP contribution in [0.3, 0.4) is 0 Å². The van der Waals surface area contributed by atoms with E-state index in [1.54, 1.807) is 41.2 Å². The van der Waals surface area contributed by atoms with Crippen molar-refractivity contribution in [3.63, 3.8) is 0 Å². The summed E-state index contributed by atoms with van der Waals surface area (Å²) in [6.45, 7) is 6.07. The van der Waals surface area contributed by atoms with Crippen LogP contribution in [0.2, 0.25) is 5.02 Å². The molecule has 1 heterocycles. The topological polar surface area (TPSA) is 81.1 Å². The lowest BCUT2D eigenvalue weighted by molar-refractivity contribution is 0.0977. The predicted octanol–water partition coefficient (Wildman–Crippen LogP) is 5.69. The third-order valence-corrected chi connectivity index (χ3v) is 5.75.